The Morgan fingerprint density at radius 3 is 2.87 bits per heavy atom. The van der Waals surface area contributed by atoms with Gasteiger partial charge < -0.3 is 14.8 Å². The van der Waals surface area contributed by atoms with Crippen molar-refractivity contribution in [3.05, 3.63) is 67.4 Å². The van der Waals surface area contributed by atoms with Crippen molar-refractivity contribution in [3.8, 4) is 11.5 Å². The van der Waals surface area contributed by atoms with Gasteiger partial charge >= 0.3 is 0 Å². The van der Waals surface area contributed by atoms with Gasteiger partial charge in [-0.05, 0) is 30.3 Å². The van der Waals surface area contributed by atoms with Crippen LogP contribution in [0.25, 0.3) is 10.9 Å². The third-order valence-electron chi connectivity index (χ3n) is 3.43. The fourth-order valence-electron chi connectivity index (χ4n) is 2.34. The third kappa shape index (κ3) is 3.43. The topological polar surface area (TPSA) is 43.4 Å². The number of fused-ring (bicyclic) bond motifs is 1. The van der Waals surface area contributed by atoms with Crippen molar-refractivity contribution in [3.63, 3.8) is 0 Å². The maximum absolute atomic E-state index is 5.56. The van der Waals surface area contributed by atoms with Crippen molar-refractivity contribution in [2.45, 2.75) is 0 Å². The summed E-state index contributed by atoms with van der Waals surface area (Å²) in [5.74, 6) is 1.59. The van der Waals surface area contributed by atoms with Gasteiger partial charge in [-0.3, -0.25) is 4.98 Å². The Morgan fingerprint density at radius 2 is 2.04 bits per heavy atom. The Balaban J connectivity index is 1.92. The molecule has 1 aromatic heterocycles. The van der Waals surface area contributed by atoms with Crippen molar-refractivity contribution in [1.29, 1.82) is 0 Å². The van der Waals surface area contributed by atoms with E-state index in [2.05, 4.69) is 16.9 Å². The van der Waals surface area contributed by atoms with Gasteiger partial charge in [-0.2, -0.15) is 0 Å². The second kappa shape index (κ2) is 6.83. The highest BCUT2D eigenvalue weighted by Crippen LogP contribution is 2.29. The first-order chi connectivity index (χ1) is 11.3. The molecule has 4 nitrogen and oxygen atoms in total. The number of ether oxygens (including phenoxy) is 2. The van der Waals surface area contributed by atoms with Crippen LogP contribution in [-0.2, 0) is 0 Å². The molecular formula is C19H18N2O2. The Labute approximate surface area is 135 Å². The molecule has 0 saturated heterocycles. The highest BCUT2D eigenvalue weighted by atomic mass is 16.5. The minimum Gasteiger partial charge on any atom is -0.497 e. The average Bonchev–Trinajstić information content (AvgIpc) is 2.60. The Bertz CT molecular complexity index is 830. The standard InChI is InChI=1S/C19H18N2O2/c1-3-11-23-16-7-8-17-18(9-10-20-19(17)13-16)21-14-5-4-6-15(12-14)22-2/h3-10,12-13H,1,11H2,2H3,(H,20,21). The number of methoxy groups -OCH3 is 1. The number of nitrogens with zero attached hydrogens (tertiary/aromatic N) is 1. The summed E-state index contributed by atoms with van der Waals surface area (Å²) in [5.41, 5.74) is 2.82. The van der Waals surface area contributed by atoms with E-state index >= 15 is 0 Å². The monoisotopic (exact) mass is 306 g/mol. The highest BCUT2D eigenvalue weighted by molar-refractivity contribution is 5.93. The lowest BCUT2D eigenvalue weighted by Crippen LogP contribution is -1.95. The molecule has 0 saturated carbocycles. The first-order valence-corrected chi connectivity index (χ1v) is 7.33. The third-order valence-corrected chi connectivity index (χ3v) is 3.43. The molecule has 116 valence electrons. The van der Waals surface area contributed by atoms with Crippen LogP contribution in [-0.4, -0.2) is 18.7 Å². The van der Waals surface area contributed by atoms with Crippen LogP contribution in [0, 0.1) is 0 Å². The molecule has 0 radical (unpaired) electrons. The van der Waals surface area contributed by atoms with Gasteiger partial charge in [-0.25, -0.2) is 0 Å². The largest absolute Gasteiger partial charge is 0.497 e. The molecule has 23 heavy (non-hydrogen) atoms. The zero-order valence-corrected chi connectivity index (χ0v) is 13.0. The van der Waals surface area contributed by atoms with Crippen molar-refractivity contribution < 1.29 is 9.47 Å². The second-order valence-electron chi connectivity index (χ2n) is 4.99. The summed E-state index contributed by atoms with van der Waals surface area (Å²) in [5, 5.41) is 4.44. The summed E-state index contributed by atoms with van der Waals surface area (Å²) in [7, 11) is 1.66. The fourth-order valence-corrected chi connectivity index (χ4v) is 2.34. The predicted octanol–water partition coefficient (Wildman–Crippen LogP) is 4.55. The number of hydrogen-bond donors (Lipinski definition) is 1. The second-order valence-corrected chi connectivity index (χ2v) is 4.99. The van der Waals surface area contributed by atoms with E-state index < -0.39 is 0 Å². The number of benzene rings is 2. The Morgan fingerprint density at radius 1 is 1.13 bits per heavy atom. The lowest BCUT2D eigenvalue weighted by Gasteiger charge is -2.11. The minimum absolute atomic E-state index is 0.479. The molecule has 4 heteroatoms. The van der Waals surface area contributed by atoms with Crippen LogP contribution in [0.4, 0.5) is 11.4 Å². The molecule has 0 spiro atoms. The van der Waals surface area contributed by atoms with Crippen LogP contribution < -0.4 is 14.8 Å². The van der Waals surface area contributed by atoms with Crippen molar-refractivity contribution in [2.75, 3.05) is 19.0 Å². The van der Waals surface area contributed by atoms with Crippen LogP contribution in [0.2, 0.25) is 0 Å². The normalized spacial score (nSPS) is 10.3. The van der Waals surface area contributed by atoms with Gasteiger partial charge in [0.2, 0.25) is 0 Å². The Hall–Kier alpha value is -3.01. The van der Waals surface area contributed by atoms with Crippen molar-refractivity contribution in [1.82, 2.24) is 4.98 Å². The minimum atomic E-state index is 0.479. The Kier molecular flexibility index (Phi) is 4.43. The molecule has 0 aliphatic carbocycles. The summed E-state index contributed by atoms with van der Waals surface area (Å²) >= 11 is 0. The van der Waals surface area contributed by atoms with E-state index in [1.54, 1.807) is 19.4 Å². The van der Waals surface area contributed by atoms with E-state index in [1.807, 2.05) is 48.5 Å². The summed E-state index contributed by atoms with van der Waals surface area (Å²) in [4.78, 5) is 4.42. The maximum Gasteiger partial charge on any atom is 0.121 e. The molecule has 1 N–H and O–H groups in total. The van der Waals surface area contributed by atoms with Crippen LogP contribution >= 0.6 is 0 Å². The molecule has 3 rings (SSSR count). The summed E-state index contributed by atoms with van der Waals surface area (Å²) in [6.45, 7) is 4.13. The number of nitrogens with one attached hydrogen (secondary N) is 1. The zero-order valence-electron chi connectivity index (χ0n) is 13.0. The summed E-state index contributed by atoms with van der Waals surface area (Å²) < 4.78 is 10.8. The molecule has 0 aliphatic heterocycles. The number of anilines is 2. The first-order valence-electron chi connectivity index (χ1n) is 7.33. The molecule has 0 fully saturated rings. The van der Waals surface area contributed by atoms with E-state index in [-0.39, 0.29) is 0 Å². The van der Waals surface area contributed by atoms with Crippen molar-refractivity contribution >= 4 is 22.3 Å². The van der Waals surface area contributed by atoms with Gasteiger partial charge in [0.15, 0.2) is 0 Å². The lowest BCUT2D eigenvalue weighted by atomic mass is 10.1. The molecular weight excluding hydrogens is 288 g/mol. The molecule has 0 unspecified atom stereocenters. The number of rotatable bonds is 6. The van der Waals surface area contributed by atoms with Gasteiger partial charge in [0.1, 0.15) is 18.1 Å². The molecule has 2 aromatic carbocycles. The van der Waals surface area contributed by atoms with Crippen LogP contribution in [0.15, 0.2) is 67.4 Å². The van der Waals surface area contributed by atoms with Gasteiger partial charge in [0, 0.05) is 35.1 Å². The van der Waals surface area contributed by atoms with Gasteiger partial charge in [-0.1, -0.05) is 18.7 Å². The lowest BCUT2D eigenvalue weighted by molar-refractivity contribution is 0.363. The quantitative estimate of drug-likeness (QED) is 0.678. The maximum atomic E-state index is 5.56. The molecule has 0 bridgehead atoms. The molecule has 0 amide bonds. The van der Waals surface area contributed by atoms with Gasteiger partial charge in [0.25, 0.3) is 0 Å². The van der Waals surface area contributed by atoms with E-state index in [0.29, 0.717) is 6.61 Å². The average molecular weight is 306 g/mol. The SMILES string of the molecule is C=CCOc1ccc2c(Nc3cccc(OC)c3)ccnc2c1. The molecule has 1 heterocycles. The van der Waals surface area contributed by atoms with E-state index in [9.17, 15) is 0 Å². The summed E-state index contributed by atoms with van der Waals surface area (Å²) in [6.07, 6.45) is 3.50. The van der Waals surface area contributed by atoms with E-state index in [0.717, 1.165) is 33.8 Å². The number of pyridine rings is 1. The smallest absolute Gasteiger partial charge is 0.121 e. The first kappa shape index (κ1) is 14.9. The van der Waals surface area contributed by atoms with Gasteiger partial charge in [-0.15, -0.1) is 0 Å². The molecule has 0 aliphatic rings. The van der Waals surface area contributed by atoms with Crippen molar-refractivity contribution in [2.24, 2.45) is 0 Å². The predicted molar refractivity (Wildman–Crippen MR) is 93.7 cm³/mol. The molecule has 3 aromatic rings. The summed E-state index contributed by atoms with van der Waals surface area (Å²) in [6, 6.07) is 15.6. The van der Waals surface area contributed by atoms with E-state index in [4.69, 9.17) is 9.47 Å². The fraction of sp³-hybridized carbons (Fsp3) is 0.105. The zero-order chi connectivity index (χ0) is 16.1. The van der Waals surface area contributed by atoms with Crippen LogP contribution in [0.1, 0.15) is 0 Å². The molecule has 0 atom stereocenters. The van der Waals surface area contributed by atoms with Crippen LogP contribution in [0.5, 0.6) is 11.5 Å². The van der Waals surface area contributed by atoms with Gasteiger partial charge in [0.05, 0.1) is 12.6 Å². The number of hydrogen-bond acceptors (Lipinski definition) is 4. The highest BCUT2D eigenvalue weighted by Gasteiger charge is 2.05. The number of aromatic nitrogens is 1. The van der Waals surface area contributed by atoms with Crippen LogP contribution in [0.3, 0.4) is 0 Å². The van der Waals surface area contributed by atoms with E-state index in [1.165, 1.54) is 0 Å².